The lowest BCUT2D eigenvalue weighted by molar-refractivity contribution is 0.102. The Morgan fingerprint density at radius 2 is 1.81 bits per heavy atom. The molecule has 0 unspecified atom stereocenters. The van der Waals surface area contributed by atoms with E-state index in [0.29, 0.717) is 22.5 Å². The second-order valence-electron chi connectivity index (χ2n) is 6.45. The Hall–Kier alpha value is -2.73. The fourth-order valence-electron chi connectivity index (χ4n) is 3.26. The van der Waals surface area contributed by atoms with Crippen LogP contribution in [0.25, 0.3) is 11.3 Å². The average molecular weight is 389 g/mol. The van der Waals surface area contributed by atoms with E-state index in [0.717, 1.165) is 54.6 Å². The lowest BCUT2D eigenvalue weighted by Crippen LogP contribution is -2.13. The van der Waals surface area contributed by atoms with Crippen LogP contribution >= 0.6 is 11.6 Å². The van der Waals surface area contributed by atoms with E-state index in [1.54, 1.807) is 18.2 Å². The number of benzene rings is 2. The quantitative estimate of drug-likeness (QED) is 0.653. The summed E-state index contributed by atoms with van der Waals surface area (Å²) in [6.45, 7) is 0. The molecule has 1 aromatic heterocycles. The van der Waals surface area contributed by atoms with Crippen molar-refractivity contribution in [2.75, 3.05) is 5.32 Å². The van der Waals surface area contributed by atoms with Gasteiger partial charge < -0.3 is 9.84 Å². The number of anilines is 1. The smallest absolute Gasteiger partial charge is 0.255 e. The monoisotopic (exact) mass is 388 g/mol. The van der Waals surface area contributed by atoms with Crippen molar-refractivity contribution >= 4 is 23.2 Å². The Bertz CT molecular complexity index is 1010. The number of carbonyl (C=O) groups excluding carboxylic acids is 1. The molecule has 3 aromatic rings. The SMILES string of the molecule is O=C(Nc1cc(-c2onc3c2CCCC3)ccc1Cl)c1cc(F)cc(F)c1. The van der Waals surface area contributed by atoms with Gasteiger partial charge in [0, 0.05) is 22.8 Å². The van der Waals surface area contributed by atoms with Gasteiger partial charge in [-0.05, 0) is 56.0 Å². The first-order valence-electron chi connectivity index (χ1n) is 8.56. The Balaban J connectivity index is 1.65. The maximum Gasteiger partial charge on any atom is 0.255 e. The van der Waals surface area contributed by atoms with Crippen LogP contribution in [-0.4, -0.2) is 11.1 Å². The van der Waals surface area contributed by atoms with Crippen LogP contribution in [0.2, 0.25) is 5.02 Å². The number of nitrogens with one attached hydrogen (secondary N) is 1. The van der Waals surface area contributed by atoms with E-state index in [1.807, 2.05) is 0 Å². The number of hydrogen-bond acceptors (Lipinski definition) is 3. The van der Waals surface area contributed by atoms with Gasteiger partial charge in [0.15, 0.2) is 5.76 Å². The number of rotatable bonds is 3. The molecule has 27 heavy (non-hydrogen) atoms. The summed E-state index contributed by atoms with van der Waals surface area (Å²) in [5, 5.41) is 7.03. The van der Waals surface area contributed by atoms with Crippen molar-refractivity contribution < 1.29 is 18.1 Å². The topological polar surface area (TPSA) is 55.1 Å². The summed E-state index contributed by atoms with van der Waals surface area (Å²) in [5.41, 5.74) is 2.96. The molecule has 0 bridgehead atoms. The van der Waals surface area contributed by atoms with Crippen molar-refractivity contribution in [3.8, 4) is 11.3 Å². The summed E-state index contributed by atoms with van der Waals surface area (Å²) in [4.78, 5) is 12.4. The molecule has 0 atom stereocenters. The third kappa shape index (κ3) is 3.57. The molecule has 0 saturated carbocycles. The summed E-state index contributed by atoms with van der Waals surface area (Å²) in [5.74, 6) is -1.65. The number of hydrogen-bond donors (Lipinski definition) is 1. The second-order valence-corrected chi connectivity index (χ2v) is 6.86. The molecule has 1 heterocycles. The minimum absolute atomic E-state index is 0.133. The number of aryl methyl sites for hydroxylation is 1. The van der Waals surface area contributed by atoms with Crippen LogP contribution in [0.4, 0.5) is 14.5 Å². The maximum atomic E-state index is 13.4. The molecular formula is C20H15ClF2N2O2. The van der Waals surface area contributed by atoms with E-state index in [4.69, 9.17) is 16.1 Å². The van der Waals surface area contributed by atoms with Gasteiger partial charge in [-0.3, -0.25) is 4.79 Å². The molecule has 0 aliphatic heterocycles. The third-order valence-corrected chi connectivity index (χ3v) is 4.89. The molecule has 4 nitrogen and oxygen atoms in total. The van der Waals surface area contributed by atoms with E-state index >= 15 is 0 Å². The highest BCUT2D eigenvalue weighted by Gasteiger charge is 2.21. The van der Waals surface area contributed by atoms with Crippen molar-refractivity contribution in [3.05, 3.63) is 69.9 Å². The van der Waals surface area contributed by atoms with Gasteiger partial charge >= 0.3 is 0 Å². The zero-order chi connectivity index (χ0) is 19.0. The predicted octanol–water partition coefficient (Wildman–Crippen LogP) is 5.40. The maximum absolute atomic E-state index is 13.4. The zero-order valence-corrected chi connectivity index (χ0v) is 14.9. The average Bonchev–Trinajstić information content (AvgIpc) is 3.07. The van der Waals surface area contributed by atoms with Gasteiger partial charge in [-0.25, -0.2) is 8.78 Å². The third-order valence-electron chi connectivity index (χ3n) is 4.56. The molecule has 0 fully saturated rings. The minimum Gasteiger partial charge on any atom is -0.356 e. The van der Waals surface area contributed by atoms with E-state index in [-0.39, 0.29) is 5.56 Å². The number of nitrogens with zero attached hydrogens (tertiary/aromatic N) is 1. The Labute approximate surface area is 159 Å². The van der Waals surface area contributed by atoms with Crippen LogP contribution in [0.5, 0.6) is 0 Å². The van der Waals surface area contributed by atoms with Crippen molar-refractivity contribution in [3.63, 3.8) is 0 Å². The van der Waals surface area contributed by atoms with Crippen LogP contribution in [0.1, 0.15) is 34.5 Å². The molecule has 7 heteroatoms. The van der Waals surface area contributed by atoms with Gasteiger partial charge in [-0.2, -0.15) is 0 Å². The first kappa shape index (κ1) is 17.7. The van der Waals surface area contributed by atoms with Crippen LogP contribution < -0.4 is 5.32 Å². The zero-order valence-electron chi connectivity index (χ0n) is 14.2. The normalized spacial score (nSPS) is 13.3. The molecule has 4 rings (SSSR count). The van der Waals surface area contributed by atoms with Gasteiger partial charge in [0.2, 0.25) is 0 Å². The summed E-state index contributed by atoms with van der Waals surface area (Å²) in [7, 11) is 0. The van der Waals surface area contributed by atoms with Gasteiger partial charge in [0.05, 0.1) is 16.4 Å². The van der Waals surface area contributed by atoms with Crippen molar-refractivity contribution in [2.45, 2.75) is 25.7 Å². The molecule has 1 N–H and O–H groups in total. The van der Waals surface area contributed by atoms with Crippen LogP contribution in [0.3, 0.4) is 0 Å². The van der Waals surface area contributed by atoms with Crippen molar-refractivity contribution in [1.29, 1.82) is 0 Å². The van der Waals surface area contributed by atoms with E-state index in [2.05, 4.69) is 10.5 Å². The highest BCUT2D eigenvalue weighted by Crippen LogP contribution is 2.35. The van der Waals surface area contributed by atoms with Crippen molar-refractivity contribution in [2.24, 2.45) is 0 Å². The molecular weight excluding hydrogens is 374 g/mol. The van der Waals surface area contributed by atoms with Crippen LogP contribution in [0, 0.1) is 11.6 Å². The highest BCUT2D eigenvalue weighted by molar-refractivity contribution is 6.34. The van der Waals surface area contributed by atoms with Crippen LogP contribution in [0.15, 0.2) is 40.9 Å². The predicted molar refractivity (Wildman–Crippen MR) is 97.9 cm³/mol. The van der Waals surface area contributed by atoms with Crippen molar-refractivity contribution in [1.82, 2.24) is 5.16 Å². The van der Waals surface area contributed by atoms with Gasteiger partial charge in [-0.1, -0.05) is 16.8 Å². The number of carbonyl (C=O) groups is 1. The molecule has 0 radical (unpaired) electrons. The van der Waals surface area contributed by atoms with Gasteiger partial charge in [0.1, 0.15) is 11.6 Å². The first-order chi connectivity index (χ1) is 13.0. The molecule has 138 valence electrons. The molecule has 2 aromatic carbocycles. The van der Waals surface area contributed by atoms with E-state index < -0.39 is 17.5 Å². The summed E-state index contributed by atoms with van der Waals surface area (Å²) in [6, 6.07) is 7.72. The Morgan fingerprint density at radius 1 is 1.07 bits per heavy atom. The van der Waals surface area contributed by atoms with Gasteiger partial charge in [0.25, 0.3) is 5.91 Å². The van der Waals surface area contributed by atoms with Gasteiger partial charge in [-0.15, -0.1) is 0 Å². The summed E-state index contributed by atoms with van der Waals surface area (Å²) < 4.78 is 32.2. The lowest BCUT2D eigenvalue weighted by Gasteiger charge is -2.11. The molecule has 1 amide bonds. The molecule has 1 aliphatic rings. The molecule has 1 aliphatic carbocycles. The number of halogens is 3. The highest BCUT2D eigenvalue weighted by atomic mass is 35.5. The molecule has 0 spiro atoms. The standard InChI is InChI=1S/C20H15ClF2N2O2/c21-16-6-5-11(19-15-3-1-2-4-17(15)25-27-19)9-18(16)24-20(26)12-7-13(22)10-14(23)8-12/h5-10H,1-4H2,(H,24,26). The Morgan fingerprint density at radius 3 is 2.59 bits per heavy atom. The van der Waals surface area contributed by atoms with E-state index in [1.165, 1.54) is 0 Å². The summed E-state index contributed by atoms with van der Waals surface area (Å²) >= 11 is 6.19. The number of aromatic nitrogens is 1. The Kier molecular flexibility index (Phi) is 4.66. The lowest BCUT2D eigenvalue weighted by atomic mass is 9.94. The van der Waals surface area contributed by atoms with Crippen LogP contribution in [-0.2, 0) is 12.8 Å². The largest absolute Gasteiger partial charge is 0.356 e. The molecule has 0 saturated heterocycles. The fraction of sp³-hybridized carbons (Fsp3) is 0.200. The summed E-state index contributed by atoms with van der Waals surface area (Å²) in [6.07, 6.45) is 3.94. The number of amides is 1. The fourth-order valence-corrected chi connectivity index (χ4v) is 3.42. The number of fused-ring (bicyclic) bond motifs is 1. The second kappa shape index (κ2) is 7.12. The first-order valence-corrected chi connectivity index (χ1v) is 8.94. The van der Waals surface area contributed by atoms with E-state index in [9.17, 15) is 13.6 Å². The minimum atomic E-state index is -0.826.